The molecule has 6 nitrogen and oxygen atoms in total. The Bertz CT molecular complexity index is 813. The van der Waals surface area contributed by atoms with Crippen LogP contribution in [0.25, 0.3) is 6.08 Å². The number of benzene rings is 1. The van der Waals surface area contributed by atoms with Crippen molar-refractivity contribution < 1.29 is 14.3 Å². The van der Waals surface area contributed by atoms with Gasteiger partial charge in [0, 0.05) is 24.3 Å². The first-order valence-corrected chi connectivity index (χ1v) is 8.67. The SMILES string of the molecule is COc1ccc(OC)c(NC(=O)/C=C/c2c(C)nn(CC(C)C)c2Cl)c1. The summed E-state index contributed by atoms with van der Waals surface area (Å²) in [6.07, 6.45) is 3.10. The smallest absolute Gasteiger partial charge is 0.248 e. The second kappa shape index (κ2) is 8.76. The summed E-state index contributed by atoms with van der Waals surface area (Å²) in [6, 6.07) is 5.19. The van der Waals surface area contributed by atoms with Gasteiger partial charge in [0.25, 0.3) is 0 Å². The second-order valence-electron chi connectivity index (χ2n) is 6.25. The zero-order valence-electron chi connectivity index (χ0n) is 15.7. The summed E-state index contributed by atoms with van der Waals surface area (Å²) < 4.78 is 12.2. The van der Waals surface area contributed by atoms with Gasteiger partial charge in [0.2, 0.25) is 5.91 Å². The number of nitrogens with one attached hydrogen (secondary N) is 1. The highest BCUT2D eigenvalue weighted by Gasteiger charge is 2.13. The van der Waals surface area contributed by atoms with Crippen molar-refractivity contribution >= 4 is 29.3 Å². The molecule has 140 valence electrons. The van der Waals surface area contributed by atoms with Gasteiger partial charge in [0.1, 0.15) is 16.7 Å². The molecule has 1 N–H and O–H groups in total. The Morgan fingerprint density at radius 2 is 2.08 bits per heavy atom. The van der Waals surface area contributed by atoms with E-state index in [1.54, 1.807) is 43.2 Å². The minimum absolute atomic E-state index is 0.302. The Morgan fingerprint density at radius 3 is 2.69 bits per heavy atom. The van der Waals surface area contributed by atoms with Crippen LogP contribution in [0.15, 0.2) is 24.3 Å². The number of nitrogens with zero attached hydrogens (tertiary/aromatic N) is 2. The lowest BCUT2D eigenvalue weighted by molar-refractivity contribution is -0.111. The van der Waals surface area contributed by atoms with Crippen molar-refractivity contribution in [2.24, 2.45) is 5.92 Å². The van der Waals surface area contributed by atoms with Gasteiger partial charge in [-0.3, -0.25) is 9.48 Å². The average molecular weight is 378 g/mol. The third-order valence-electron chi connectivity index (χ3n) is 3.71. The quantitative estimate of drug-likeness (QED) is 0.735. The van der Waals surface area contributed by atoms with E-state index in [4.69, 9.17) is 21.1 Å². The van der Waals surface area contributed by atoms with Crippen LogP contribution in [0.2, 0.25) is 5.15 Å². The lowest BCUT2D eigenvalue weighted by atomic mass is 10.2. The van der Waals surface area contributed by atoms with Crippen LogP contribution in [0.1, 0.15) is 25.1 Å². The van der Waals surface area contributed by atoms with Gasteiger partial charge >= 0.3 is 0 Å². The molecular weight excluding hydrogens is 354 g/mol. The van der Waals surface area contributed by atoms with E-state index in [0.29, 0.717) is 28.3 Å². The largest absolute Gasteiger partial charge is 0.497 e. The standard InChI is InChI=1S/C19H24ClN3O3/c1-12(2)11-23-19(20)15(13(3)22-23)7-9-18(24)21-16-10-14(25-4)6-8-17(16)26-5/h6-10,12H,11H2,1-5H3,(H,21,24)/b9-7+. The fraction of sp³-hybridized carbons (Fsp3) is 0.368. The summed E-state index contributed by atoms with van der Waals surface area (Å²) in [5.74, 6) is 1.29. The summed E-state index contributed by atoms with van der Waals surface area (Å²) in [5.41, 5.74) is 2.04. The van der Waals surface area contributed by atoms with Crippen LogP contribution in [-0.2, 0) is 11.3 Å². The normalized spacial score (nSPS) is 11.2. The molecule has 2 rings (SSSR count). The van der Waals surface area contributed by atoms with E-state index in [0.717, 1.165) is 17.8 Å². The maximum atomic E-state index is 12.3. The van der Waals surface area contributed by atoms with Crippen molar-refractivity contribution in [1.29, 1.82) is 0 Å². The number of ether oxygens (including phenoxy) is 2. The second-order valence-corrected chi connectivity index (χ2v) is 6.61. The van der Waals surface area contributed by atoms with Crippen molar-refractivity contribution in [3.05, 3.63) is 40.7 Å². The minimum atomic E-state index is -0.302. The predicted octanol–water partition coefficient (Wildman–Crippen LogP) is 4.17. The minimum Gasteiger partial charge on any atom is -0.497 e. The first-order chi connectivity index (χ1) is 12.3. The summed E-state index contributed by atoms with van der Waals surface area (Å²) >= 11 is 6.39. The maximum absolute atomic E-state index is 12.3. The Balaban J connectivity index is 2.17. The van der Waals surface area contributed by atoms with Gasteiger partial charge in [-0.05, 0) is 31.1 Å². The molecule has 0 aliphatic carbocycles. The molecule has 7 heteroatoms. The molecule has 0 saturated heterocycles. The highest BCUT2D eigenvalue weighted by molar-refractivity contribution is 6.31. The highest BCUT2D eigenvalue weighted by Crippen LogP contribution is 2.29. The molecule has 1 aromatic heterocycles. The molecule has 0 saturated carbocycles. The number of hydrogen-bond donors (Lipinski definition) is 1. The number of halogens is 1. The molecule has 2 aromatic rings. The predicted molar refractivity (Wildman–Crippen MR) is 104 cm³/mol. The fourth-order valence-corrected chi connectivity index (χ4v) is 2.78. The van der Waals surface area contributed by atoms with E-state index in [-0.39, 0.29) is 5.91 Å². The third-order valence-corrected chi connectivity index (χ3v) is 4.11. The van der Waals surface area contributed by atoms with Gasteiger partial charge in [0.15, 0.2) is 0 Å². The van der Waals surface area contributed by atoms with Gasteiger partial charge in [-0.2, -0.15) is 5.10 Å². The van der Waals surface area contributed by atoms with Crippen LogP contribution in [-0.4, -0.2) is 29.9 Å². The molecule has 1 amide bonds. The van der Waals surface area contributed by atoms with E-state index < -0.39 is 0 Å². The van der Waals surface area contributed by atoms with E-state index in [1.807, 2.05) is 6.92 Å². The summed E-state index contributed by atoms with van der Waals surface area (Å²) in [6.45, 7) is 6.78. The molecule has 0 aliphatic rings. The molecule has 1 aromatic carbocycles. The average Bonchev–Trinajstić information content (AvgIpc) is 2.85. The van der Waals surface area contributed by atoms with Crippen LogP contribution in [0, 0.1) is 12.8 Å². The number of carbonyl (C=O) groups excluding carboxylic acids is 1. The molecule has 26 heavy (non-hydrogen) atoms. The third kappa shape index (κ3) is 4.79. The number of amides is 1. The van der Waals surface area contributed by atoms with Crippen molar-refractivity contribution in [2.75, 3.05) is 19.5 Å². The van der Waals surface area contributed by atoms with Crippen LogP contribution >= 0.6 is 11.6 Å². The molecule has 0 bridgehead atoms. The Hall–Kier alpha value is -2.47. The number of aryl methyl sites for hydroxylation is 1. The monoisotopic (exact) mass is 377 g/mol. The van der Waals surface area contributed by atoms with Crippen LogP contribution in [0.4, 0.5) is 5.69 Å². The van der Waals surface area contributed by atoms with Crippen molar-refractivity contribution in [2.45, 2.75) is 27.3 Å². The lowest BCUT2D eigenvalue weighted by Gasteiger charge is -2.10. The van der Waals surface area contributed by atoms with Crippen LogP contribution < -0.4 is 14.8 Å². The number of hydrogen-bond acceptors (Lipinski definition) is 4. The van der Waals surface area contributed by atoms with E-state index >= 15 is 0 Å². The molecule has 0 unspecified atom stereocenters. The topological polar surface area (TPSA) is 65.4 Å². The summed E-state index contributed by atoms with van der Waals surface area (Å²) in [7, 11) is 3.10. The van der Waals surface area contributed by atoms with E-state index in [2.05, 4.69) is 24.3 Å². The van der Waals surface area contributed by atoms with Gasteiger partial charge in [-0.1, -0.05) is 25.4 Å². The summed E-state index contributed by atoms with van der Waals surface area (Å²) in [4.78, 5) is 12.3. The zero-order chi connectivity index (χ0) is 19.3. The van der Waals surface area contributed by atoms with Crippen LogP contribution in [0.3, 0.4) is 0 Å². The number of anilines is 1. The number of aromatic nitrogens is 2. The fourth-order valence-electron chi connectivity index (χ4n) is 2.47. The number of carbonyl (C=O) groups is 1. The molecule has 1 heterocycles. The van der Waals surface area contributed by atoms with Crippen molar-refractivity contribution in [1.82, 2.24) is 9.78 Å². The van der Waals surface area contributed by atoms with Gasteiger partial charge in [0.05, 0.1) is 25.6 Å². The summed E-state index contributed by atoms with van der Waals surface area (Å²) in [5, 5.41) is 7.74. The molecule has 0 spiro atoms. The number of methoxy groups -OCH3 is 2. The first kappa shape index (κ1) is 19.8. The molecular formula is C19H24ClN3O3. The van der Waals surface area contributed by atoms with Crippen molar-refractivity contribution in [3.63, 3.8) is 0 Å². The van der Waals surface area contributed by atoms with Gasteiger partial charge < -0.3 is 14.8 Å². The van der Waals surface area contributed by atoms with Crippen molar-refractivity contribution in [3.8, 4) is 11.5 Å². The van der Waals surface area contributed by atoms with Gasteiger partial charge in [-0.25, -0.2) is 0 Å². The maximum Gasteiger partial charge on any atom is 0.248 e. The Morgan fingerprint density at radius 1 is 1.35 bits per heavy atom. The first-order valence-electron chi connectivity index (χ1n) is 8.29. The van der Waals surface area contributed by atoms with Crippen LogP contribution in [0.5, 0.6) is 11.5 Å². The Labute approximate surface area is 158 Å². The molecule has 0 radical (unpaired) electrons. The lowest BCUT2D eigenvalue weighted by Crippen LogP contribution is -2.09. The van der Waals surface area contributed by atoms with E-state index in [1.165, 1.54) is 6.08 Å². The molecule has 0 aliphatic heterocycles. The highest BCUT2D eigenvalue weighted by atomic mass is 35.5. The Kier molecular flexibility index (Phi) is 6.69. The molecule has 0 atom stereocenters. The van der Waals surface area contributed by atoms with E-state index in [9.17, 15) is 4.79 Å². The molecule has 0 fully saturated rings. The number of rotatable bonds is 7. The van der Waals surface area contributed by atoms with Gasteiger partial charge in [-0.15, -0.1) is 0 Å². The zero-order valence-corrected chi connectivity index (χ0v) is 16.4.